The van der Waals surface area contributed by atoms with Crippen LogP contribution in [0.2, 0.25) is 0 Å². The van der Waals surface area contributed by atoms with Crippen LogP contribution in [0.1, 0.15) is 47.7 Å². The third-order valence-electron chi connectivity index (χ3n) is 9.55. The molecule has 1 unspecified atom stereocenters. The predicted octanol–water partition coefficient (Wildman–Crippen LogP) is 10.7. The molecule has 0 aliphatic heterocycles. The molecule has 0 spiro atoms. The second-order valence-electron chi connectivity index (χ2n) is 12.9. The fourth-order valence-electron chi connectivity index (χ4n) is 6.86. The summed E-state index contributed by atoms with van der Waals surface area (Å²) in [5.41, 5.74) is 25.1. The van der Waals surface area contributed by atoms with E-state index < -0.39 is 0 Å². The predicted molar refractivity (Wildman–Crippen MR) is 200 cm³/mol. The van der Waals surface area contributed by atoms with Crippen LogP contribution in [0, 0.1) is 11.3 Å². The largest absolute Gasteiger partial charge is 0.399 e. The Labute approximate surface area is 282 Å². The lowest BCUT2D eigenvalue weighted by Gasteiger charge is -2.22. The van der Waals surface area contributed by atoms with Crippen molar-refractivity contribution < 1.29 is 0 Å². The highest BCUT2D eigenvalue weighted by molar-refractivity contribution is 5.89. The van der Waals surface area contributed by atoms with Crippen molar-refractivity contribution in [1.82, 2.24) is 0 Å². The molecule has 1 atom stereocenters. The Hall–Kier alpha value is -5.95. The molecule has 232 valence electrons. The van der Waals surface area contributed by atoms with Crippen LogP contribution in [0.5, 0.6) is 0 Å². The molecule has 0 radical (unpaired) electrons. The molecule has 0 amide bonds. The number of hydrogen-bond donors (Lipinski definition) is 2. The Kier molecular flexibility index (Phi) is 8.11. The van der Waals surface area contributed by atoms with Crippen LogP contribution in [-0.4, -0.2) is 0 Å². The molecule has 0 heterocycles. The van der Waals surface area contributed by atoms with Crippen LogP contribution in [0.4, 0.5) is 5.69 Å². The Morgan fingerprint density at radius 1 is 0.542 bits per heavy atom. The van der Waals surface area contributed by atoms with Gasteiger partial charge in [-0.25, -0.2) is 0 Å². The Morgan fingerprint density at radius 2 is 1.15 bits per heavy atom. The minimum absolute atomic E-state index is 0.152. The fourth-order valence-corrected chi connectivity index (χ4v) is 6.86. The van der Waals surface area contributed by atoms with E-state index >= 15 is 0 Å². The first-order valence-electron chi connectivity index (χ1n) is 16.3. The lowest BCUT2D eigenvalue weighted by atomic mass is 9.81. The van der Waals surface area contributed by atoms with Crippen molar-refractivity contribution in [3.05, 3.63) is 186 Å². The van der Waals surface area contributed by atoms with Crippen LogP contribution in [-0.2, 0) is 5.41 Å². The van der Waals surface area contributed by atoms with Gasteiger partial charge in [0.05, 0.1) is 17.7 Å². The van der Waals surface area contributed by atoms with Crippen LogP contribution in [0.3, 0.4) is 0 Å². The molecule has 1 aliphatic carbocycles. The molecule has 7 aromatic carbocycles. The second kappa shape index (κ2) is 12.7. The zero-order chi connectivity index (χ0) is 33.3. The van der Waals surface area contributed by atoms with Crippen molar-refractivity contribution in [2.24, 2.45) is 5.73 Å². The van der Waals surface area contributed by atoms with Gasteiger partial charge in [-0.2, -0.15) is 5.26 Å². The fraction of sp³-hybridized carbons (Fsp3) is 0.0889. The molecule has 3 nitrogen and oxygen atoms in total. The first-order valence-corrected chi connectivity index (χ1v) is 16.3. The number of nitrogen functional groups attached to an aromatic ring is 1. The van der Waals surface area contributed by atoms with E-state index in [2.05, 4.69) is 117 Å². The minimum atomic E-state index is -0.153. The van der Waals surface area contributed by atoms with Gasteiger partial charge in [0.1, 0.15) is 0 Å². The van der Waals surface area contributed by atoms with E-state index in [1.54, 1.807) is 0 Å². The second-order valence-corrected chi connectivity index (χ2v) is 12.9. The molecule has 7 aromatic rings. The number of para-hydroxylation sites is 1. The van der Waals surface area contributed by atoms with Crippen LogP contribution >= 0.6 is 0 Å². The van der Waals surface area contributed by atoms with Gasteiger partial charge in [-0.05, 0) is 97.2 Å². The molecule has 0 saturated carbocycles. The van der Waals surface area contributed by atoms with Crippen molar-refractivity contribution in [3.63, 3.8) is 0 Å². The summed E-state index contributed by atoms with van der Waals surface area (Å²) in [6.07, 6.45) is 0. The number of nitrogens with two attached hydrogens (primary N) is 2. The quantitative estimate of drug-likeness (QED) is 0.192. The zero-order valence-electron chi connectivity index (χ0n) is 27.2. The summed E-state index contributed by atoms with van der Waals surface area (Å²) in [4.78, 5) is 0. The van der Waals surface area contributed by atoms with Gasteiger partial charge >= 0.3 is 0 Å². The first-order chi connectivity index (χ1) is 23.3. The molecule has 0 saturated heterocycles. The van der Waals surface area contributed by atoms with Gasteiger partial charge in [-0.15, -0.1) is 0 Å². The third kappa shape index (κ3) is 5.75. The Morgan fingerprint density at radius 3 is 1.79 bits per heavy atom. The molecule has 0 fully saturated rings. The van der Waals surface area contributed by atoms with E-state index in [4.69, 9.17) is 11.5 Å². The normalized spacial score (nSPS) is 13.0. The smallest absolute Gasteiger partial charge is 0.0998 e. The highest BCUT2D eigenvalue weighted by Gasteiger charge is 2.36. The van der Waals surface area contributed by atoms with Gasteiger partial charge < -0.3 is 11.5 Å². The molecular formula is C45H37N3. The molecule has 48 heavy (non-hydrogen) atoms. The number of anilines is 1. The molecule has 1 aliphatic rings. The van der Waals surface area contributed by atoms with Crippen molar-refractivity contribution in [2.75, 3.05) is 5.73 Å². The van der Waals surface area contributed by atoms with Gasteiger partial charge in [0.2, 0.25) is 0 Å². The van der Waals surface area contributed by atoms with Gasteiger partial charge in [-0.3, -0.25) is 0 Å². The van der Waals surface area contributed by atoms with E-state index in [9.17, 15) is 5.26 Å². The van der Waals surface area contributed by atoms with E-state index in [1.807, 2.05) is 60.7 Å². The Balaban J connectivity index is 0.000000465. The topological polar surface area (TPSA) is 75.8 Å². The summed E-state index contributed by atoms with van der Waals surface area (Å²) >= 11 is 0. The SMILES string of the molecule is CC1(C)c2cc(-c3ccc(-c4ccc5ccc(C(N)c6ccccc6)cc5c4)cc3)ccc2-c2c(C#N)cccc21.Nc1ccccc1. The van der Waals surface area contributed by atoms with E-state index in [-0.39, 0.29) is 11.5 Å². The average Bonchev–Trinajstić information content (AvgIpc) is 3.37. The van der Waals surface area contributed by atoms with Crippen LogP contribution in [0.15, 0.2) is 158 Å². The molecule has 0 aromatic heterocycles. The summed E-state index contributed by atoms with van der Waals surface area (Å²) in [5.74, 6) is 0. The molecule has 4 N–H and O–H groups in total. The van der Waals surface area contributed by atoms with Gasteiger partial charge in [0, 0.05) is 16.7 Å². The van der Waals surface area contributed by atoms with Crippen LogP contribution < -0.4 is 11.5 Å². The summed E-state index contributed by atoms with van der Waals surface area (Å²) in [6.45, 7) is 4.51. The number of hydrogen-bond acceptors (Lipinski definition) is 3. The minimum Gasteiger partial charge on any atom is -0.399 e. The average molecular weight is 620 g/mol. The molecule has 8 rings (SSSR count). The van der Waals surface area contributed by atoms with Crippen LogP contribution in [0.25, 0.3) is 44.2 Å². The molecule has 3 heteroatoms. The zero-order valence-corrected chi connectivity index (χ0v) is 27.2. The van der Waals surface area contributed by atoms with Gasteiger partial charge in [0.15, 0.2) is 0 Å². The van der Waals surface area contributed by atoms with E-state index in [1.165, 1.54) is 49.7 Å². The third-order valence-corrected chi connectivity index (χ3v) is 9.55. The summed E-state index contributed by atoms with van der Waals surface area (Å²) < 4.78 is 0. The number of nitrogens with zero attached hydrogens (tertiary/aromatic N) is 1. The summed E-state index contributed by atoms with van der Waals surface area (Å²) in [7, 11) is 0. The number of nitriles is 1. The van der Waals surface area contributed by atoms with Crippen molar-refractivity contribution in [2.45, 2.75) is 25.3 Å². The van der Waals surface area contributed by atoms with E-state index in [0.29, 0.717) is 0 Å². The lowest BCUT2D eigenvalue weighted by molar-refractivity contribution is 0.660. The van der Waals surface area contributed by atoms with Gasteiger partial charge in [0.25, 0.3) is 0 Å². The highest BCUT2D eigenvalue weighted by Crippen LogP contribution is 2.50. The van der Waals surface area contributed by atoms with Gasteiger partial charge in [-0.1, -0.05) is 135 Å². The maximum atomic E-state index is 9.74. The summed E-state index contributed by atoms with van der Waals surface area (Å²) in [6, 6.07) is 56.7. The Bertz CT molecular complexity index is 2280. The molecule has 0 bridgehead atoms. The maximum absolute atomic E-state index is 9.74. The highest BCUT2D eigenvalue weighted by atomic mass is 14.6. The van der Waals surface area contributed by atoms with Crippen molar-refractivity contribution >= 4 is 16.5 Å². The van der Waals surface area contributed by atoms with Crippen molar-refractivity contribution in [1.29, 1.82) is 5.26 Å². The van der Waals surface area contributed by atoms with E-state index in [0.717, 1.165) is 27.9 Å². The standard InChI is InChI=1S/C39H30N2.C6H7N/c1-39(2)35-10-6-9-32(24-40)37(35)34-20-19-30(23-36(34)39)26-13-11-25(12-14-26)29-17-15-27-16-18-31(22-33(27)21-29)38(41)28-7-4-3-5-8-28;7-6-4-2-1-3-5-6/h3-23,38H,41H2,1-2H3;1-5H,7H2. The lowest BCUT2D eigenvalue weighted by Crippen LogP contribution is -2.15. The monoisotopic (exact) mass is 619 g/mol. The number of fused-ring (bicyclic) bond motifs is 4. The maximum Gasteiger partial charge on any atom is 0.0998 e. The van der Waals surface area contributed by atoms with Crippen molar-refractivity contribution in [3.8, 4) is 39.4 Å². The number of benzene rings is 7. The number of rotatable bonds is 4. The summed E-state index contributed by atoms with van der Waals surface area (Å²) in [5, 5.41) is 12.1. The first kappa shape index (κ1) is 30.7. The molecular weight excluding hydrogens is 583 g/mol.